The van der Waals surface area contributed by atoms with E-state index in [0.29, 0.717) is 30.2 Å². The first-order chi connectivity index (χ1) is 12.4. The lowest BCUT2D eigenvalue weighted by Crippen LogP contribution is -2.23. The van der Waals surface area contributed by atoms with Gasteiger partial charge in [-0.25, -0.2) is 4.98 Å². The van der Waals surface area contributed by atoms with E-state index in [0.717, 1.165) is 22.4 Å². The number of nitrogens with zero attached hydrogens (tertiary/aromatic N) is 3. The van der Waals surface area contributed by atoms with Crippen molar-refractivity contribution < 1.29 is 4.79 Å². The second-order valence-electron chi connectivity index (χ2n) is 6.28. The molecule has 0 saturated heterocycles. The Hall–Kier alpha value is -3.35. The second-order valence-corrected chi connectivity index (χ2v) is 6.28. The highest BCUT2D eigenvalue weighted by atomic mass is 16.1. The van der Waals surface area contributed by atoms with E-state index < -0.39 is 0 Å². The minimum Gasteiger partial charge on any atom is -0.399 e. The Morgan fingerprint density at radius 3 is 2.77 bits per heavy atom. The zero-order valence-corrected chi connectivity index (χ0v) is 14.9. The number of benzene rings is 1. The first-order valence-electron chi connectivity index (χ1n) is 8.30. The van der Waals surface area contributed by atoms with E-state index in [-0.39, 0.29) is 5.91 Å². The average Bonchev–Trinajstić information content (AvgIpc) is 3.02. The summed E-state index contributed by atoms with van der Waals surface area (Å²) >= 11 is 0. The van der Waals surface area contributed by atoms with E-state index in [1.807, 2.05) is 38.1 Å². The molecular weight excluding hydrogens is 328 g/mol. The molecule has 7 nitrogen and oxygen atoms in total. The summed E-state index contributed by atoms with van der Waals surface area (Å²) < 4.78 is 1.71. The molecule has 0 fully saturated rings. The SMILES string of the molecule is Cc1cc(N)nc(C)c1CNC(=O)c1cnn(Cc2cccc(N)c2)c1. The van der Waals surface area contributed by atoms with Crippen LogP contribution in [-0.2, 0) is 13.1 Å². The fourth-order valence-electron chi connectivity index (χ4n) is 2.87. The van der Waals surface area contributed by atoms with E-state index in [2.05, 4.69) is 15.4 Å². The lowest BCUT2D eigenvalue weighted by Gasteiger charge is -2.11. The van der Waals surface area contributed by atoms with Crippen molar-refractivity contribution in [3.05, 3.63) is 70.7 Å². The highest BCUT2D eigenvalue weighted by Crippen LogP contribution is 2.14. The zero-order chi connectivity index (χ0) is 18.7. The maximum atomic E-state index is 12.4. The van der Waals surface area contributed by atoms with Crippen LogP contribution in [0.3, 0.4) is 0 Å². The van der Waals surface area contributed by atoms with E-state index in [4.69, 9.17) is 11.5 Å². The molecule has 2 aromatic heterocycles. The molecule has 7 heteroatoms. The molecule has 1 amide bonds. The van der Waals surface area contributed by atoms with Gasteiger partial charge < -0.3 is 16.8 Å². The van der Waals surface area contributed by atoms with Crippen molar-refractivity contribution in [3.8, 4) is 0 Å². The molecule has 2 heterocycles. The van der Waals surface area contributed by atoms with E-state index in [9.17, 15) is 4.79 Å². The summed E-state index contributed by atoms with van der Waals surface area (Å²) in [6.45, 7) is 4.78. The number of aromatic nitrogens is 3. The Morgan fingerprint density at radius 1 is 1.23 bits per heavy atom. The fraction of sp³-hybridized carbons (Fsp3) is 0.211. The van der Waals surface area contributed by atoms with Gasteiger partial charge in [-0.2, -0.15) is 5.10 Å². The van der Waals surface area contributed by atoms with Crippen molar-refractivity contribution in [1.29, 1.82) is 0 Å². The maximum absolute atomic E-state index is 12.4. The Kier molecular flexibility index (Phi) is 4.88. The van der Waals surface area contributed by atoms with Crippen molar-refractivity contribution in [2.45, 2.75) is 26.9 Å². The number of nitrogen functional groups attached to an aromatic ring is 2. The molecule has 0 aliphatic rings. The summed E-state index contributed by atoms with van der Waals surface area (Å²) in [6.07, 6.45) is 3.28. The highest BCUT2D eigenvalue weighted by Gasteiger charge is 2.11. The smallest absolute Gasteiger partial charge is 0.254 e. The van der Waals surface area contributed by atoms with Crippen molar-refractivity contribution in [2.75, 3.05) is 11.5 Å². The first-order valence-corrected chi connectivity index (χ1v) is 8.30. The van der Waals surface area contributed by atoms with Gasteiger partial charge in [0.25, 0.3) is 5.91 Å². The lowest BCUT2D eigenvalue weighted by molar-refractivity contribution is 0.0950. The molecule has 134 valence electrons. The molecular formula is C19H22N6O. The maximum Gasteiger partial charge on any atom is 0.254 e. The topological polar surface area (TPSA) is 112 Å². The zero-order valence-electron chi connectivity index (χ0n) is 14.9. The molecule has 1 aromatic carbocycles. The first kappa shape index (κ1) is 17.5. The predicted octanol–water partition coefficient (Wildman–Crippen LogP) is 2.04. The molecule has 3 rings (SSSR count). The number of hydrogen-bond acceptors (Lipinski definition) is 5. The van der Waals surface area contributed by atoms with Gasteiger partial charge in [0.1, 0.15) is 5.82 Å². The molecule has 0 atom stereocenters. The van der Waals surface area contributed by atoms with Gasteiger partial charge in [-0.05, 0) is 48.7 Å². The quantitative estimate of drug-likeness (QED) is 0.610. The number of nitrogens with two attached hydrogens (primary N) is 2. The van der Waals surface area contributed by atoms with Crippen molar-refractivity contribution in [3.63, 3.8) is 0 Å². The molecule has 0 aliphatic heterocycles. The number of anilines is 2. The van der Waals surface area contributed by atoms with Gasteiger partial charge in [0, 0.05) is 24.1 Å². The van der Waals surface area contributed by atoms with Gasteiger partial charge in [-0.3, -0.25) is 9.48 Å². The number of pyridine rings is 1. The number of aryl methyl sites for hydroxylation is 2. The third kappa shape index (κ3) is 4.00. The van der Waals surface area contributed by atoms with Crippen molar-refractivity contribution in [2.24, 2.45) is 0 Å². The van der Waals surface area contributed by atoms with Crippen molar-refractivity contribution >= 4 is 17.4 Å². The Bertz CT molecular complexity index is 924. The molecule has 0 saturated carbocycles. The van der Waals surface area contributed by atoms with Crippen LogP contribution in [0, 0.1) is 13.8 Å². The summed E-state index contributed by atoms with van der Waals surface area (Å²) in [7, 11) is 0. The minimum absolute atomic E-state index is 0.181. The molecule has 3 aromatic rings. The number of carbonyl (C=O) groups is 1. The van der Waals surface area contributed by atoms with Crippen LogP contribution in [-0.4, -0.2) is 20.7 Å². The lowest BCUT2D eigenvalue weighted by atomic mass is 10.1. The molecule has 0 aliphatic carbocycles. The second kappa shape index (κ2) is 7.26. The summed E-state index contributed by atoms with van der Waals surface area (Å²) in [5, 5.41) is 7.16. The fourth-order valence-corrected chi connectivity index (χ4v) is 2.87. The number of nitrogens with one attached hydrogen (secondary N) is 1. The van der Waals surface area contributed by atoms with Gasteiger partial charge in [0.2, 0.25) is 0 Å². The molecule has 0 bridgehead atoms. The van der Waals surface area contributed by atoms with E-state index >= 15 is 0 Å². The number of rotatable bonds is 5. The number of carbonyl (C=O) groups excluding carboxylic acids is 1. The van der Waals surface area contributed by atoms with E-state index in [1.54, 1.807) is 23.1 Å². The summed E-state index contributed by atoms with van der Waals surface area (Å²) in [4.78, 5) is 16.6. The Labute approximate surface area is 152 Å². The predicted molar refractivity (Wildman–Crippen MR) is 101 cm³/mol. The molecule has 0 spiro atoms. The number of hydrogen-bond donors (Lipinski definition) is 3. The largest absolute Gasteiger partial charge is 0.399 e. The van der Waals surface area contributed by atoms with Crippen LogP contribution < -0.4 is 16.8 Å². The molecule has 0 unspecified atom stereocenters. The molecule has 26 heavy (non-hydrogen) atoms. The monoisotopic (exact) mass is 350 g/mol. The van der Waals surface area contributed by atoms with Gasteiger partial charge in [-0.15, -0.1) is 0 Å². The Morgan fingerprint density at radius 2 is 2.04 bits per heavy atom. The molecule has 0 radical (unpaired) electrons. The van der Waals surface area contributed by atoms with E-state index in [1.165, 1.54) is 0 Å². The van der Waals surface area contributed by atoms with Crippen molar-refractivity contribution in [1.82, 2.24) is 20.1 Å². The third-order valence-electron chi connectivity index (χ3n) is 4.19. The normalized spacial score (nSPS) is 10.7. The molecule has 5 N–H and O–H groups in total. The standard InChI is InChI=1S/C19H22N6O/c1-12-6-18(21)24-13(2)17(12)9-22-19(26)15-8-23-25(11-15)10-14-4-3-5-16(20)7-14/h3-8,11H,9-10,20H2,1-2H3,(H2,21,24)(H,22,26). The van der Waals surface area contributed by atoms with Gasteiger partial charge >= 0.3 is 0 Å². The van der Waals surface area contributed by atoms with Crippen LogP contribution in [0.5, 0.6) is 0 Å². The van der Waals surface area contributed by atoms with Crippen LogP contribution in [0.15, 0.2) is 42.7 Å². The van der Waals surface area contributed by atoms with Crippen LogP contribution in [0.1, 0.15) is 32.7 Å². The minimum atomic E-state index is -0.181. The summed E-state index contributed by atoms with van der Waals surface area (Å²) in [5.74, 6) is 0.303. The third-order valence-corrected chi connectivity index (χ3v) is 4.19. The van der Waals surface area contributed by atoms with Crippen LogP contribution in [0.4, 0.5) is 11.5 Å². The average molecular weight is 350 g/mol. The summed E-state index contributed by atoms with van der Waals surface area (Å²) in [5.41, 5.74) is 16.6. The van der Waals surface area contributed by atoms with Gasteiger partial charge in [-0.1, -0.05) is 12.1 Å². The van der Waals surface area contributed by atoms with Crippen LogP contribution >= 0.6 is 0 Å². The van der Waals surface area contributed by atoms with Crippen LogP contribution in [0.2, 0.25) is 0 Å². The van der Waals surface area contributed by atoms with Gasteiger partial charge in [0.05, 0.1) is 18.3 Å². The summed E-state index contributed by atoms with van der Waals surface area (Å²) in [6, 6.07) is 9.39. The van der Waals surface area contributed by atoms with Gasteiger partial charge in [0.15, 0.2) is 0 Å². The van der Waals surface area contributed by atoms with Crippen LogP contribution in [0.25, 0.3) is 0 Å². The number of amides is 1. The Balaban J connectivity index is 1.65. The highest BCUT2D eigenvalue weighted by molar-refractivity contribution is 5.93.